The molecular formula is C13H15FN2. The first kappa shape index (κ1) is 11.1. The fourth-order valence-electron chi connectivity index (χ4n) is 2.21. The maximum atomic E-state index is 13.1. The van der Waals surface area contributed by atoms with Crippen LogP contribution in [0, 0.1) is 17.1 Å². The van der Waals surface area contributed by atoms with Crippen LogP contribution < -0.4 is 5.32 Å². The molecule has 1 aliphatic rings. The van der Waals surface area contributed by atoms with Gasteiger partial charge in [-0.25, -0.2) is 4.39 Å². The zero-order chi connectivity index (χ0) is 11.4. The fraction of sp³-hybridized carbons (Fsp3) is 0.462. The molecule has 1 N–H and O–H groups in total. The summed E-state index contributed by atoms with van der Waals surface area (Å²) in [6.07, 6.45) is 4.98. The van der Waals surface area contributed by atoms with Crippen molar-refractivity contribution >= 4 is 0 Å². The summed E-state index contributed by atoms with van der Waals surface area (Å²) in [4.78, 5) is 0. The van der Waals surface area contributed by atoms with Gasteiger partial charge in [0.1, 0.15) is 5.82 Å². The van der Waals surface area contributed by atoms with E-state index in [9.17, 15) is 4.39 Å². The molecule has 1 saturated carbocycles. The van der Waals surface area contributed by atoms with E-state index in [1.165, 1.54) is 37.8 Å². The van der Waals surface area contributed by atoms with Crippen LogP contribution in [0.25, 0.3) is 0 Å². The van der Waals surface area contributed by atoms with Crippen molar-refractivity contribution in [1.82, 2.24) is 5.32 Å². The van der Waals surface area contributed by atoms with Crippen LogP contribution in [0.5, 0.6) is 0 Å². The van der Waals surface area contributed by atoms with Crippen LogP contribution in [0.1, 0.15) is 36.8 Å². The van der Waals surface area contributed by atoms with E-state index in [4.69, 9.17) is 5.26 Å². The summed E-state index contributed by atoms with van der Waals surface area (Å²) in [5, 5.41) is 12.1. The van der Waals surface area contributed by atoms with E-state index in [0.29, 0.717) is 18.2 Å². The number of rotatable bonds is 3. The Balaban J connectivity index is 1.98. The van der Waals surface area contributed by atoms with Crippen molar-refractivity contribution < 1.29 is 4.39 Å². The summed E-state index contributed by atoms with van der Waals surface area (Å²) in [5.41, 5.74) is 1.24. The third-order valence-corrected chi connectivity index (χ3v) is 3.04. The van der Waals surface area contributed by atoms with Crippen molar-refractivity contribution in [3.05, 3.63) is 35.1 Å². The summed E-state index contributed by atoms with van der Waals surface area (Å²) < 4.78 is 13.1. The lowest BCUT2D eigenvalue weighted by atomic mass is 10.1. The molecule has 1 aliphatic carbocycles. The molecule has 0 amide bonds. The highest BCUT2D eigenvalue weighted by atomic mass is 19.1. The maximum Gasteiger partial charge on any atom is 0.124 e. The van der Waals surface area contributed by atoms with Gasteiger partial charge in [-0.05, 0) is 36.6 Å². The Morgan fingerprint density at radius 3 is 2.75 bits per heavy atom. The average Bonchev–Trinajstić information content (AvgIpc) is 2.78. The van der Waals surface area contributed by atoms with Crippen molar-refractivity contribution in [2.45, 2.75) is 38.3 Å². The number of benzene rings is 1. The second-order valence-electron chi connectivity index (χ2n) is 4.32. The molecule has 0 atom stereocenters. The molecule has 1 fully saturated rings. The highest BCUT2D eigenvalue weighted by Gasteiger charge is 2.13. The molecule has 0 saturated heterocycles. The van der Waals surface area contributed by atoms with Gasteiger partial charge < -0.3 is 5.32 Å². The van der Waals surface area contributed by atoms with E-state index in [2.05, 4.69) is 5.32 Å². The predicted octanol–water partition coefficient (Wildman–Crippen LogP) is 2.73. The van der Waals surface area contributed by atoms with Gasteiger partial charge in [0.05, 0.1) is 11.6 Å². The first-order valence-electron chi connectivity index (χ1n) is 5.71. The van der Waals surface area contributed by atoms with Gasteiger partial charge in [0.15, 0.2) is 0 Å². The number of nitrogens with zero attached hydrogens (tertiary/aromatic N) is 1. The summed E-state index contributed by atoms with van der Waals surface area (Å²) >= 11 is 0. The van der Waals surface area contributed by atoms with Crippen molar-refractivity contribution in [3.8, 4) is 6.07 Å². The Bertz CT molecular complexity index is 403. The second-order valence-corrected chi connectivity index (χ2v) is 4.32. The quantitative estimate of drug-likeness (QED) is 0.846. The number of nitriles is 1. The Kier molecular flexibility index (Phi) is 3.53. The van der Waals surface area contributed by atoms with Crippen LogP contribution in [-0.4, -0.2) is 6.04 Å². The molecule has 2 nitrogen and oxygen atoms in total. The van der Waals surface area contributed by atoms with E-state index >= 15 is 0 Å². The normalized spacial score (nSPS) is 16.2. The highest BCUT2D eigenvalue weighted by Crippen LogP contribution is 2.18. The van der Waals surface area contributed by atoms with Crippen LogP contribution in [0.3, 0.4) is 0 Å². The summed E-state index contributed by atoms with van der Waals surface area (Å²) in [7, 11) is 0. The van der Waals surface area contributed by atoms with E-state index in [1.54, 1.807) is 6.07 Å². The minimum Gasteiger partial charge on any atom is -0.310 e. The van der Waals surface area contributed by atoms with Crippen LogP contribution in [-0.2, 0) is 6.54 Å². The molecule has 0 spiro atoms. The van der Waals surface area contributed by atoms with Gasteiger partial charge in [-0.2, -0.15) is 5.26 Å². The summed E-state index contributed by atoms with van der Waals surface area (Å²) in [6, 6.07) is 7.03. The predicted molar refractivity (Wildman–Crippen MR) is 60.2 cm³/mol. The molecule has 1 aromatic carbocycles. The molecular weight excluding hydrogens is 203 g/mol. The monoisotopic (exact) mass is 218 g/mol. The zero-order valence-electron chi connectivity index (χ0n) is 9.17. The molecule has 3 heteroatoms. The molecule has 0 radical (unpaired) electrons. The van der Waals surface area contributed by atoms with Gasteiger partial charge in [0.25, 0.3) is 0 Å². The molecule has 0 bridgehead atoms. The molecule has 0 unspecified atom stereocenters. The topological polar surface area (TPSA) is 35.8 Å². The van der Waals surface area contributed by atoms with E-state index < -0.39 is 0 Å². The molecule has 0 aliphatic heterocycles. The maximum absolute atomic E-state index is 13.1. The fourth-order valence-corrected chi connectivity index (χ4v) is 2.21. The third-order valence-electron chi connectivity index (χ3n) is 3.04. The van der Waals surface area contributed by atoms with Gasteiger partial charge in [-0.1, -0.05) is 12.8 Å². The SMILES string of the molecule is N#Cc1cc(F)cc(CNC2CCCC2)c1. The molecule has 1 aromatic rings. The number of hydrogen-bond donors (Lipinski definition) is 1. The van der Waals surface area contributed by atoms with E-state index in [1.807, 2.05) is 6.07 Å². The van der Waals surface area contributed by atoms with Gasteiger partial charge in [-0.3, -0.25) is 0 Å². The van der Waals surface area contributed by atoms with Gasteiger partial charge in [-0.15, -0.1) is 0 Å². The Labute approximate surface area is 95.1 Å². The average molecular weight is 218 g/mol. The first-order chi connectivity index (χ1) is 7.78. The highest BCUT2D eigenvalue weighted by molar-refractivity contribution is 5.33. The standard InChI is InChI=1S/C13H15FN2/c14-12-6-10(8-15)5-11(7-12)9-16-13-3-1-2-4-13/h5-7,13,16H,1-4,9H2. The van der Waals surface area contributed by atoms with Crippen molar-refractivity contribution in [3.63, 3.8) is 0 Å². The van der Waals surface area contributed by atoms with Crippen molar-refractivity contribution in [2.75, 3.05) is 0 Å². The van der Waals surface area contributed by atoms with Gasteiger partial charge in [0, 0.05) is 12.6 Å². The van der Waals surface area contributed by atoms with Crippen LogP contribution in [0.15, 0.2) is 18.2 Å². The number of nitrogens with one attached hydrogen (secondary N) is 1. The minimum absolute atomic E-state index is 0.331. The Hall–Kier alpha value is -1.40. The van der Waals surface area contributed by atoms with Crippen LogP contribution in [0.2, 0.25) is 0 Å². The second kappa shape index (κ2) is 5.09. The summed E-state index contributed by atoms with van der Waals surface area (Å²) in [6.45, 7) is 0.650. The Morgan fingerprint density at radius 2 is 2.06 bits per heavy atom. The third kappa shape index (κ3) is 2.80. The zero-order valence-corrected chi connectivity index (χ0v) is 9.17. The van der Waals surface area contributed by atoms with E-state index in [-0.39, 0.29) is 5.82 Å². The van der Waals surface area contributed by atoms with Gasteiger partial charge in [0.2, 0.25) is 0 Å². The van der Waals surface area contributed by atoms with Crippen LogP contribution in [0.4, 0.5) is 4.39 Å². The van der Waals surface area contributed by atoms with Crippen molar-refractivity contribution in [2.24, 2.45) is 0 Å². The minimum atomic E-state index is -0.331. The smallest absolute Gasteiger partial charge is 0.124 e. The summed E-state index contributed by atoms with van der Waals surface area (Å²) in [5.74, 6) is -0.331. The lowest BCUT2D eigenvalue weighted by Gasteiger charge is -2.11. The first-order valence-corrected chi connectivity index (χ1v) is 5.71. The lowest BCUT2D eigenvalue weighted by molar-refractivity contribution is 0.522. The largest absolute Gasteiger partial charge is 0.310 e. The lowest BCUT2D eigenvalue weighted by Crippen LogP contribution is -2.25. The molecule has 84 valence electrons. The van der Waals surface area contributed by atoms with Crippen molar-refractivity contribution in [1.29, 1.82) is 5.26 Å². The molecule has 2 rings (SSSR count). The Morgan fingerprint density at radius 1 is 1.31 bits per heavy atom. The molecule has 16 heavy (non-hydrogen) atoms. The molecule has 0 heterocycles. The van der Waals surface area contributed by atoms with Crippen LogP contribution >= 0.6 is 0 Å². The number of halogens is 1. The van der Waals surface area contributed by atoms with Gasteiger partial charge >= 0.3 is 0 Å². The van der Waals surface area contributed by atoms with E-state index in [0.717, 1.165) is 5.56 Å². The molecule has 0 aromatic heterocycles. The number of hydrogen-bond acceptors (Lipinski definition) is 2.